The Morgan fingerprint density at radius 2 is 1.76 bits per heavy atom. The summed E-state index contributed by atoms with van der Waals surface area (Å²) in [4.78, 5) is 26.4. The van der Waals surface area contributed by atoms with Gasteiger partial charge in [0.2, 0.25) is 5.60 Å². The average molecular weight is 499 g/mol. The molecular weight excluding hydrogens is 478 g/mol. The second kappa shape index (κ2) is 6.16. The molecule has 3 aromatic carbocycles. The van der Waals surface area contributed by atoms with Crippen molar-refractivity contribution in [3.8, 4) is 11.5 Å². The summed E-state index contributed by atoms with van der Waals surface area (Å²) in [6.07, 6.45) is -0.880. The first kappa shape index (κ1) is 20.9. The fraction of sp³-hybridized carbons (Fsp3) is 0.259. The number of phenols is 2. The van der Waals surface area contributed by atoms with E-state index in [1.807, 2.05) is 9.13 Å². The normalized spacial score (nSPS) is 25.9. The molecule has 37 heavy (non-hydrogen) atoms. The quantitative estimate of drug-likeness (QED) is 0.260. The van der Waals surface area contributed by atoms with E-state index < -0.39 is 23.5 Å². The van der Waals surface area contributed by atoms with Crippen LogP contribution in [0.25, 0.3) is 43.6 Å². The van der Waals surface area contributed by atoms with Crippen LogP contribution in [0.15, 0.2) is 36.4 Å². The minimum Gasteiger partial charge on any atom is -0.508 e. The third-order valence-corrected chi connectivity index (χ3v) is 8.51. The van der Waals surface area contributed by atoms with Gasteiger partial charge in [0.05, 0.1) is 34.7 Å². The smallest absolute Gasteiger partial charge is 0.343 e. The number of nitrogens with zero attached hydrogens (tertiary/aromatic N) is 2. The molecule has 0 saturated carbocycles. The third kappa shape index (κ3) is 2.09. The number of carbonyl (C=O) groups excluding carboxylic acids is 2. The Kier molecular flexibility index (Phi) is 3.47. The van der Waals surface area contributed by atoms with E-state index in [0.29, 0.717) is 43.8 Å². The molecular formula is C27H21N3O7. The molecule has 0 radical (unpaired) electrons. The molecule has 8 rings (SSSR count). The van der Waals surface area contributed by atoms with Gasteiger partial charge in [-0.1, -0.05) is 0 Å². The molecule has 3 aliphatic heterocycles. The first-order valence-electron chi connectivity index (χ1n) is 12.0. The van der Waals surface area contributed by atoms with Gasteiger partial charge in [-0.05, 0) is 48.9 Å². The number of rotatable bonds is 1. The predicted molar refractivity (Wildman–Crippen MR) is 132 cm³/mol. The number of aromatic nitrogens is 2. The Bertz CT molecular complexity index is 1940. The van der Waals surface area contributed by atoms with Gasteiger partial charge in [-0.3, -0.25) is 4.79 Å². The van der Waals surface area contributed by atoms with E-state index in [1.54, 1.807) is 37.3 Å². The largest absolute Gasteiger partial charge is 0.508 e. The van der Waals surface area contributed by atoms with Gasteiger partial charge in [-0.2, -0.15) is 0 Å². The highest BCUT2D eigenvalue weighted by Gasteiger charge is 2.65. The maximum atomic E-state index is 13.3. The molecule has 3 atom stereocenters. The van der Waals surface area contributed by atoms with Gasteiger partial charge in [-0.15, -0.1) is 0 Å². The number of phenolic OH excluding ortho intramolecular Hbond substituents is 2. The molecule has 10 heteroatoms. The number of ether oxygens (including phenoxy) is 2. The number of benzene rings is 3. The van der Waals surface area contributed by atoms with Gasteiger partial charge in [0.15, 0.2) is 5.72 Å². The molecule has 3 aliphatic rings. The van der Waals surface area contributed by atoms with Gasteiger partial charge >= 0.3 is 5.97 Å². The molecule has 10 nitrogen and oxygen atoms in total. The fourth-order valence-corrected chi connectivity index (χ4v) is 6.97. The Morgan fingerprint density at radius 3 is 2.46 bits per heavy atom. The Hall–Kier alpha value is -4.28. The lowest BCUT2D eigenvalue weighted by molar-refractivity contribution is -0.202. The second-order valence-electron chi connectivity index (χ2n) is 10.2. The molecule has 2 aromatic heterocycles. The molecule has 0 unspecified atom stereocenters. The molecule has 0 spiro atoms. The number of amides is 1. The van der Waals surface area contributed by atoms with Crippen molar-refractivity contribution in [3.63, 3.8) is 0 Å². The van der Waals surface area contributed by atoms with Gasteiger partial charge in [0.25, 0.3) is 5.91 Å². The number of aliphatic hydroxyl groups is 1. The van der Waals surface area contributed by atoms with Crippen molar-refractivity contribution in [1.29, 1.82) is 0 Å². The summed E-state index contributed by atoms with van der Waals surface area (Å²) >= 11 is 0. The van der Waals surface area contributed by atoms with E-state index in [0.717, 1.165) is 10.9 Å². The van der Waals surface area contributed by atoms with Crippen LogP contribution in [0.4, 0.5) is 0 Å². The Balaban J connectivity index is 1.73. The standard InChI is InChI=1S/C27H21N3O7/c1-26-27(35,25(34)36-2)9-18(37-26)29-16-5-3-11(31)7-13(16)20-21-15(10-28-24(21)33)19-14-8-12(32)4-6-17(14)30(26)23(19)22(20)29/h3-8,18,31-32,35H,9-10H2,1-2H3,(H,28,33)/t18-,26+,27-/m1/s1. The van der Waals surface area contributed by atoms with E-state index in [2.05, 4.69) is 5.32 Å². The molecule has 186 valence electrons. The van der Waals surface area contributed by atoms with Crippen molar-refractivity contribution in [2.75, 3.05) is 7.11 Å². The molecule has 1 fully saturated rings. The highest BCUT2D eigenvalue weighted by atomic mass is 16.6. The van der Waals surface area contributed by atoms with Crippen molar-refractivity contribution in [1.82, 2.24) is 14.5 Å². The van der Waals surface area contributed by atoms with Crippen LogP contribution >= 0.6 is 0 Å². The van der Waals surface area contributed by atoms with Crippen LogP contribution in [0, 0.1) is 0 Å². The lowest BCUT2D eigenvalue weighted by atomic mass is 9.88. The van der Waals surface area contributed by atoms with Crippen LogP contribution in [0.3, 0.4) is 0 Å². The van der Waals surface area contributed by atoms with Crippen LogP contribution < -0.4 is 5.32 Å². The summed E-state index contributed by atoms with van der Waals surface area (Å²) in [6.45, 7) is 1.93. The highest BCUT2D eigenvalue weighted by molar-refractivity contribution is 6.31. The number of carbonyl (C=O) groups is 2. The molecule has 2 bridgehead atoms. The van der Waals surface area contributed by atoms with Gasteiger partial charge in [-0.25, -0.2) is 4.79 Å². The SMILES string of the molecule is COC(=O)[C@]1(O)C[C@H]2O[C@]1(C)n1c3ccc(O)cc3c3c4c(c5c6cc(O)ccc6n2c5c31)C(=O)NC4. The maximum Gasteiger partial charge on any atom is 0.343 e. The van der Waals surface area contributed by atoms with Crippen LogP contribution in [0.5, 0.6) is 11.5 Å². The summed E-state index contributed by atoms with van der Waals surface area (Å²) in [5.74, 6) is -0.964. The summed E-state index contributed by atoms with van der Waals surface area (Å²) in [5, 5.41) is 38.5. The monoisotopic (exact) mass is 499 g/mol. The topological polar surface area (TPSA) is 135 Å². The van der Waals surface area contributed by atoms with E-state index in [-0.39, 0.29) is 30.4 Å². The zero-order valence-electron chi connectivity index (χ0n) is 19.8. The number of nitrogens with one attached hydrogen (secondary N) is 1. The molecule has 0 aliphatic carbocycles. The molecule has 5 aromatic rings. The summed E-state index contributed by atoms with van der Waals surface area (Å²) in [5.41, 5.74) is 0.280. The number of methoxy groups -OCH3 is 1. The summed E-state index contributed by atoms with van der Waals surface area (Å²) in [7, 11) is 1.23. The van der Waals surface area contributed by atoms with Crippen molar-refractivity contribution in [2.45, 2.75) is 37.4 Å². The first-order valence-corrected chi connectivity index (χ1v) is 12.0. The number of hydrogen-bond donors (Lipinski definition) is 4. The van der Waals surface area contributed by atoms with Crippen LogP contribution in [-0.4, -0.2) is 49.0 Å². The number of aromatic hydroxyl groups is 2. The van der Waals surface area contributed by atoms with Crippen molar-refractivity contribution >= 4 is 55.5 Å². The molecule has 5 heterocycles. The minimum absolute atomic E-state index is 0.0406. The second-order valence-corrected chi connectivity index (χ2v) is 10.2. The molecule has 1 amide bonds. The van der Waals surface area contributed by atoms with Crippen LogP contribution in [0.1, 0.15) is 35.5 Å². The Morgan fingerprint density at radius 1 is 1.08 bits per heavy atom. The van der Waals surface area contributed by atoms with Gasteiger partial charge in [0, 0.05) is 34.5 Å². The number of fused-ring (bicyclic) bond motifs is 13. The van der Waals surface area contributed by atoms with E-state index in [4.69, 9.17) is 9.47 Å². The summed E-state index contributed by atoms with van der Waals surface area (Å²) in [6, 6.07) is 9.80. The van der Waals surface area contributed by atoms with Crippen LogP contribution in [0.2, 0.25) is 0 Å². The van der Waals surface area contributed by atoms with E-state index >= 15 is 0 Å². The van der Waals surface area contributed by atoms with Gasteiger partial charge in [0.1, 0.15) is 17.7 Å². The van der Waals surface area contributed by atoms with Crippen molar-refractivity contribution in [3.05, 3.63) is 47.5 Å². The van der Waals surface area contributed by atoms with E-state index in [9.17, 15) is 24.9 Å². The lowest BCUT2D eigenvalue weighted by Crippen LogP contribution is -2.56. The zero-order chi connectivity index (χ0) is 25.6. The highest BCUT2D eigenvalue weighted by Crippen LogP contribution is 2.58. The summed E-state index contributed by atoms with van der Waals surface area (Å²) < 4.78 is 15.4. The molecule has 1 saturated heterocycles. The maximum absolute atomic E-state index is 13.3. The fourth-order valence-electron chi connectivity index (χ4n) is 6.97. The minimum atomic E-state index is -2.05. The van der Waals surface area contributed by atoms with Crippen molar-refractivity contribution < 1.29 is 34.4 Å². The average Bonchev–Trinajstić information content (AvgIpc) is 3.55. The number of hydrogen-bond acceptors (Lipinski definition) is 7. The number of esters is 1. The zero-order valence-corrected chi connectivity index (χ0v) is 19.8. The van der Waals surface area contributed by atoms with Crippen LogP contribution in [-0.2, 0) is 26.5 Å². The molecule has 4 N–H and O–H groups in total. The Labute approximate surface area is 208 Å². The lowest BCUT2D eigenvalue weighted by Gasteiger charge is -2.37. The van der Waals surface area contributed by atoms with Gasteiger partial charge < -0.3 is 39.2 Å². The van der Waals surface area contributed by atoms with E-state index in [1.165, 1.54) is 13.2 Å². The predicted octanol–water partition coefficient (Wildman–Crippen LogP) is 3.07. The van der Waals surface area contributed by atoms with Crippen molar-refractivity contribution in [2.24, 2.45) is 0 Å². The third-order valence-electron chi connectivity index (χ3n) is 8.51. The first-order chi connectivity index (χ1) is 17.7.